The molecule has 9 nitrogen and oxygen atoms in total. The van der Waals surface area contributed by atoms with Crippen LogP contribution in [0.15, 0.2) is 54.6 Å². The van der Waals surface area contributed by atoms with Crippen LogP contribution in [0.3, 0.4) is 0 Å². The van der Waals surface area contributed by atoms with E-state index >= 15 is 0 Å². The number of halogens is 1. The Morgan fingerprint density at radius 1 is 0.971 bits per heavy atom. The number of carbonyl (C=O) groups is 3. The van der Waals surface area contributed by atoms with Gasteiger partial charge in [0.05, 0.1) is 12.8 Å². The highest BCUT2D eigenvalue weighted by Crippen LogP contribution is 2.31. The molecule has 184 valence electrons. The first kappa shape index (κ1) is 26.9. The fourth-order valence-electron chi connectivity index (χ4n) is 3.02. The maximum Gasteiger partial charge on any atom is 0.328 e. The summed E-state index contributed by atoms with van der Waals surface area (Å²) in [4.78, 5) is 39.9. The lowest BCUT2D eigenvalue weighted by atomic mass is 10.00. The van der Waals surface area contributed by atoms with Crippen molar-refractivity contribution in [2.45, 2.75) is 32.7 Å². The van der Waals surface area contributed by atoms with E-state index < -0.39 is 23.9 Å². The largest absolute Gasteiger partial charge is 0.478 e. The molecule has 2 aromatic carbocycles. The van der Waals surface area contributed by atoms with Gasteiger partial charge in [-0.25, -0.2) is 28.7 Å². The van der Waals surface area contributed by atoms with E-state index in [9.17, 15) is 18.8 Å². The van der Waals surface area contributed by atoms with Gasteiger partial charge >= 0.3 is 17.9 Å². The number of anilines is 1. The predicted molar refractivity (Wildman–Crippen MR) is 129 cm³/mol. The van der Waals surface area contributed by atoms with E-state index in [0.29, 0.717) is 29.2 Å². The number of hydrogen-bond donors (Lipinski definition) is 3. The number of benzene rings is 2. The normalized spacial score (nSPS) is 11.6. The standard InChI is InChI=1S/C21H22FN3O2.C4H4O4/c1-12(2)18-11-19(25-21(24-18)23-13(3)20(26)27-4)16-9-10-17(22)15-8-6-5-7-14(15)16;5-3(6)1-2-4(7)8/h5-13H,1-4H3,(H,23,24,25);1-2H,(H,5,6)(H,7,8)/b;2-1-. The molecule has 1 heterocycles. The average Bonchev–Trinajstić information content (AvgIpc) is 2.82. The number of carboxylic acids is 2. The number of carbonyl (C=O) groups excluding carboxylic acids is 1. The summed E-state index contributed by atoms with van der Waals surface area (Å²) in [5, 5.41) is 19.9. The summed E-state index contributed by atoms with van der Waals surface area (Å²) in [5.41, 5.74) is 2.31. The highest BCUT2D eigenvalue weighted by molar-refractivity contribution is 5.96. The Balaban J connectivity index is 0.000000466. The zero-order chi connectivity index (χ0) is 26.1. The summed E-state index contributed by atoms with van der Waals surface area (Å²) in [6.45, 7) is 5.75. The number of fused-ring (bicyclic) bond motifs is 1. The van der Waals surface area contributed by atoms with E-state index in [1.165, 1.54) is 13.2 Å². The molecule has 1 unspecified atom stereocenters. The summed E-state index contributed by atoms with van der Waals surface area (Å²) in [6.07, 6.45) is 1.12. The Hall–Kier alpha value is -4.34. The van der Waals surface area contributed by atoms with Crippen molar-refractivity contribution in [3.63, 3.8) is 0 Å². The number of aromatic nitrogens is 2. The molecular formula is C25H26FN3O6. The molecule has 1 aromatic heterocycles. The first-order valence-electron chi connectivity index (χ1n) is 10.6. The van der Waals surface area contributed by atoms with E-state index in [4.69, 9.17) is 14.9 Å². The first-order valence-corrected chi connectivity index (χ1v) is 10.6. The molecule has 0 saturated carbocycles. The smallest absolute Gasteiger partial charge is 0.328 e. The summed E-state index contributed by atoms with van der Waals surface area (Å²) < 4.78 is 18.9. The zero-order valence-corrected chi connectivity index (χ0v) is 19.7. The van der Waals surface area contributed by atoms with Crippen LogP contribution in [0, 0.1) is 5.82 Å². The maximum atomic E-state index is 14.2. The van der Waals surface area contributed by atoms with Crippen molar-refractivity contribution >= 4 is 34.6 Å². The SMILES string of the molecule is COC(=O)C(C)Nc1nc(-c2ccc(F)c3ccccc23)cc(C(C)C)n1.O=C(O)/C=C\C(=O)O. The monoisotopic (exact) mass is 483 g/mol. The van der Waals surface area contributed by atoms with Crippen molar-refractivity contribution in [3.8, 4) is 11.3 Å². The van der Waals surface area contributed by atoms with Crippen LogP contribution in [-0.4, -0.2) is 51.2 Å². The summed E-state index contributed by atoms with van der Waals surface area (Å²) in [5.74, 6) is -2.69. The lowest BCUT2D eigenvalue weighted by Crippen LogP contribution is -2.28. The van der Waals surface area contributed by atoms with Crippen LogP contribution in [0.25, 0.3) is 22.0 Å². The molecule has 0 amide bonds. The van der Waals surface area contributed by atoms with Crippen molar-refractivity contribution in [1.82, 2.24) is 9.97 Å². The van der Waals surface area contributed by atoms with Crippen molar-refractivity contribution in [1.29, 1.82) is 0 Å². The third-order valence-electron chi connectivity index (χ3n) is 4.75. The molecule has 35 heavy (non-hydrogen) atoms. The van der Waals surface area contributed by atoms with E-state index in [1.54, 1.807) is 25.1 Å². The molecule has 1 atom stereocenters. The maximum absolute atomic E-state index is 14.2. The number of esters is 1. The minimum Gasteiger partial charge on any atom is -0.478 e. The number of rotatable bonds is 7. The van der Waals surface area contributed by atoms with Crippen molar-refractivity contribution < 1.29 is 33.7 Å². The van der Waals surface area contributed by atoms with E-state index in [2.05, 4.69) is 15.3 Å². The van der Waals surface area contributed by atoms with Crippen LogP contribution in [0.1, 0.15) is 32.4 Å². The Morgan fingerprint density at radius 3 is 2.11 bits per heavy atom. The van der Waals surface area contributed by atoms with Crippen LogP contribution >= 0.6 is 0 Å². The third-order valence-corrected chi connectivity index (χ3v) is 4.75. The highest BCUT2D eigenvalue weighted by Gasteiger charge is 2.17. The lowest BCUT2D eigenvalue weighted by Gasteiger charge is -2.15. The zero-order valence-electron chi connectivity index (χ0n) is 19.7. The molecule has 0 bridgehead atoms. The van der Waals surface area contributed by atoms with Gasteiger partial charge in [-0.2, -0.15) is 0 Å². The van der Waals surface area contributed by atoms with Gasteiger partial charge in [-0.05, 0) is 36.4 Å². The van der Waals surface area contributed by atoms with Crippen molar-refractivity contribution in [2.24, 2.45) is 0 Å². The van der Waals surface area contributed by atoms with Gasteiger partial charge in [0, 0.05) is 28.8 Å². The predicted octanol–water partition coefficient (Wildman–Crippen LogP) is 4.24. The number of hydrogen-bond acceptors (Lipinski definition) is 7. The van der Waals surface area contributed by atoms with Crippen molar-refractivity contribution in [3.05, 3.63) is 66.1 Å². The van der Waals surface area contributed by atoms with E-state index in [-0.39, 0.29) is 11.7 Å². The molecule has 0 aliphatic heterocycles. The van der Waals surface area contributed by atoms with Gasteiger partial charge in [0.1, 0.15) is 11.9 Å². The third kappa shape index (κ3) is 7.60. The fourth-order valence-corrected chi connectivity index (χ4v) is 3.02. The van der Waals surface area contributed by atoms with Crippen LogP contribution in [0.5, 0.6) is 0 Å². The Kier molecular flexibility index (Phi) is 9.39. The molecule has 3 aromatic rings. The van der Waals surface area contributed by atoms with E-state index in [0.717, 1.165) is 16.6 Å². The summed E-state index contributed by atoms with van der Waals surface area (Å²) in [7, 11) is 1.34. The van der Waals surface area contributed by atoms with Crippen LogP contribution in [0.4, 0.5) is 10.3 Å². The number of aliphatic carboxylic acids is 2. The van der Waals surface area contributed by atoms with Gasteiger partial charge in [-0.3, -0.25) is 0 Å². The van der Waals surface area contributed by atoms with Gasteiger partial charge in [0.25, 0.3) is 0 Å². The number of methoxy groups -OCH3 is 1. The molecule has 0 aliphatic carbocycles. The lowest BCUT2D eigenvalue weighted by molar-refractivity contribution is -0.141. The Morgan fingerprint density at radius 2 is 1.57 bits per heavy atom. The number of nitrogens with zero attached hydrogens (tertiary/aromatic N) is 2. The minimum absolute atomic E-state index is 0.160. The highest BCUT2D eigenvalue weighted by atomic mass is 19.1. The molecule has 0 aliphatic rings. The molecule has 3 rings (SSSR count). The molecule has 3 N–H and O–H groups in total. The number of nitrogens with one attached hydrogen (secondary N) is 1. The molecule has 0 radical (unpaired) electrons. The minimum atomic E-state index is -1.26. The Labute approximate surface area is 201 Å². The van der Waals surface area contributed by atoms with Crippen LogP contribution in [-0.2, 0) is 19.1 Å². The van der Waals surface area contributed by atoms with Gasteiger partial charge in [-0.15, -0.1) is 0 Å². The number of ether oxygens (including phenoxy) is 1. The Bertz CT molecular complexity index is 1240. The van der Waals surface area contributed by atoms with Gasteiger partial charge in [0.15, 0.2) is 0 Å². The summed E-state index contributed by atoms with van der Waals surface area (Å²) in [6, 6.07) is 11.8. The number of carboxylic acid groups (broad SMARTS) is 2. The first-order chi connectivity index (χ1) is 16.5. The molecule has 0 fully saturated rings. The second kappa shape index (κ2) is 12.2. The molecule has 10 heteroatoms. The fraction of sp³-hybridized carbons (Fsp3) is 0.240. The molecule has 0 saturated heterocycles. The van der Waals surface area contributed by atoms with Crippen LogP contribution in [0.2, 0.25) is 0 Å². The van der Waals surface area contributed by atoms with Gasteiger partial charge in [0.2, 0.25) is 5.95 Å². The molecular weight excluding hydrogens is 457 g/mol. The molecule has 0 spiro atoms. The topological polar surface area (TPSA) is 139 Å². The second-order valence-corrected chi connectivity index (χ2v) is 7.70. The average molecular weight is 483 g/mol. The second-order valence-electron chi connectivity index (χ2n) is 7.70. The van der Waals surface area contributed by atoms with E-state index in [1.807, 2.05) is 32.0 Å². The summed E-state index contributed by atoms with van der Waals surface area (Å²) >= 11 is 0. The van der Waals surface area contributed by atoms with Crippen molar-refractivity contribution in [2.75, 3.05) is 12.4 Å². The van der Waals surface area contributed by atoms with Gasteiger partial charge < -0.3 is 20.3 Å². The quantitative estimate of drug-likeness (QED) is 0.332. The van der Waals surface area contributed by atoms with Gasteiger partial charge in [-0.1, -0.05) is 38.1 Å². The van der Waals surface area contributed by atoms with Crippen LogP contribution < -0.4 is 5.32 Å².